The van der Waals surface area contributed by atoms with Crippen LogP contribution in [0.25, 0.3) is 44.6 Å². The fourth-order valence-electron chi connectivity index (χ4n) is 5.03. The Morgan fingerprint density at radius 2 is 1.41 bits per heavy atom. The van der Waals surface area contributed by atoms with Gasteiger partial charge in [-0.3, -0.25) is 0 Å². The quantitative estimate of drug-likeness (QED) is 0.297. The number of nitrogens with one attached hydrogen (secondary N) is 1. The van der Waals surface area contributed by atoms with Gasteiger partial charge in [0, 0.05) is 27.6 Å². The van der Waals surface area contributed by atoms with Crippen LogP contribution in [0.1, 0.15) is 22.3 Å². The number of H-pyrrole nitrogens is 1. The van der Waals surface area contributed by atoms with E-state index in [4.69, 9.17) is 4.98 Å². The van der Waals surface area contributed by atoms with Crippen molar-refractivity contribution in [2.75, 3.05) is 0 Å². The molecule has 166 valence electrons. The molecule has 0 saturated heterocycles. The highest BCUT2D eigenvalue weighted by Crippen LogP contribution is 2.35. The zero-order valence-electron chi connectivity index (χ0n) is 19.8. The van der Waals surface area contributed by atoms with Gasteiger partial charge in [0.2, 0.25) is 0 Å². The van der Waals surface area contributed by atoms with E-state index in [1.807, 2.05) is 0 Å². The Bertz CT molecular complexity index is 1670. The third-order valence-corrected chi connectivity index (χ3v) is 6.83. The number of fused-ring (bicyclic) bond motifs is 2. The number of aryl methyl sites for hydroxylation is 3. The molecule has 3 nitrogen and oxygen atoms in total. The van der Waals surface area contributed by atoms with E-state index >= 15 is 0 Å². The number of imidazole rings is 1. The number of nitrogens with zero attached hydrogens (tertiary/aromatic N) is 2. The number of benzene rings is 4. The van der Waals surface area contributed by atoms with E-state index in [2.05, 4.69) is 121 Å². The van der Waals surface area contributed by atoms with Crippen LogP contribution >= 0.6 is 0 Å². The van der Waals surface area contributed by atoms with E-state index < -0.39 is 0 Å². The van der Waals surface area contributed by atoms with Crippen molar-refractivity contribution in [1.29, 1.82) is 0 Å². The van der Waals surface area contributed by atoms with Crippen molar-refractivity contribution in [3.63, 3.8) is 0 Å². The summed E-state index contributed by atoms with van der Waals surface area (Å²) in [6.07, 6.45) is 0. The summed E-state index contributed by atoms with van der Waals surface area (Å²) in [5.41, 5.74) is 12.0. The molecule has 0 atom stereocenters. The Balaban J connectivity index is 1.63. The summed E-state index contributed by atoms with van der Waals surface area (Å²) in [5.74, 6) is 1.01. The largest absolute Gasteiger partial charge is 0.354 e. The van der Waals surface area contributed by atoms with Crippen molar-refractivity contribution in [1.82, 2.24) is 14.5 Å². The lowest BCUT2D eigenvalue weighted by molar-refractivity contribution is 0.840. The van der Waals surface area contributed by atoms with E-state index in [9.17, 15) is 0 Å². The normalized spacial score (nSPS) is 11.5. The summed E-state index contributed by atoms with van der Waals surface area (Å²) >= 11 is 0. The first-order chi connectivity index (χ1) is 16.6. The molecule has 34 heavy (non-hydrogen) atoms. The zero-order valence-corrected chi connectivity index (χ0v) is 19.8. The first kappa shape index (κ1) is 20.5. The maximum Gasteiger partial charge on any atom is 0.141 e. The molecular weight excluding hydrogens is 414 g/mol. The Hall–Kier alpha value is -4.11. The number of hydrogen-bond acceptors (Lipinski definition) is 1. The number of rotatable bonds is 4. The van der Waals surface area contributed by atoms with Crippen molar-refractivity contribution in [2.24, 2.45) is 0 Å². The molecule has 3 heteroatoms. The summed E-state index contributed by atoms with van der Waals surface area (Å²) < 4.78 is 2.38. The van der Waals surface area contributed by atoms with Crippen molar-refractivity contribution < 1.29 is 0 Å². The third-order valence-electron chi connectivity index (χ3n) is 6.83. The number of aromatic nitrogens is 3. The molecule has 0 radical (unpaired) electrons. The lowest BCUT2D eigenvalue weighted by atomic mass is 10.0. The lowest BCUT2D eigenvalue weighted by Gasteiger charge is -2.14. The van der Waals surface area contributed by atoms with Crippen molar-refractivity contribution in [3.05, 3.63) is 113 Å². The first-order valence-electron chi connectivity index (χ1n) is 11.8. The molecule has 0 unspecified atom stereocenters. The monoisotopic (exact) mass is 441 g/mol. The fraction of sp³-hybridized carbons (Fsp3) is 0.129. The molecule has 2 aromatic heterocycles. The first-order valence-corrected chi connectivity index (χ1v) is 11.8. The van der Waals surface area contributed by atoms with Gasteiger partial charge in [-0.05, 0) is 55.7 Å². The Morgan fingerprint density at radius 1 is 0.735 bits per heavy atom. The molecular formula is C31H27N3. The minimum atomic E-state index is 0.733. The van der Waals surface area contributed by atoms with Gasteiger partial charge in [-0.25, -0.2) is 4.98 Å². The molecule has 6 rings (SSSR count). The number of para-hydroxylation sites is 1. The Morgan fingerprint density at radius 3 is 2.18 bits per heavy atom. The molecule has 1 N–H and O–H groups in total. The second-order valence-corrected chi connectivity index (χ2v) is 9.17. The van der Waals surface area contributed by atoms with Crippen LogP contribution in [0.4, 0.5) is 0 Å². The molecule has 0 aliphatic rings. The lowest BCUT2D eigenvalue weighted by Crippen LogP contribution is -2.04. The maximum atomic E-state index is 5.14. The smallest absolute Gasteiger partial charge is 0.141 e. The van der Waals surface area contributed by atoms with Crippen LogP contribution in [-0.2, 0) is 6.54 Å². The molecule has 0 fully saturated rings. The van der Waals surface area contributed by atoms with Gasteiger partial charge < -0.3 is 9.55 Å². The second kappa shape index (κ2) is 8.03. The maximum absolute atomic E-state index is 5.14. The summed E-state index contributed by atoms with van der Waals surface area (Å²) in [7, 11) is 0. The average molecular weight is 442 g/mol. The molecule has 2 heterocycles. The summed E-state index contributed by atoms with van der Waals surface area (Å²) in [5, 5.41) is 1.26. The zero-order chi connectivity index (χ0) is 23.2. The van der Waals surface area contributed by atoms with Crippen molar-refractivity contribution >= 4 is 21.9 Å². The van der Waals surface area contributed by atoms with Gasteiger partial charge in [0.15, 0.2) is 0 Å². The van der Waals surface area contributed by atoms with Crippen molar-refractivity contribution in [2.45, 2.75) is 27.3 Å². The number of aromatic amines is 1. The highest BCUT2D eigenvalue weighted by atomic mass is 15.1. The molecule has 0 amide bonds. The van der Waals surface area contributed by atoms with E-state index in [0.717, 1.165) is 28.9 Å². The minimum Gasteiger partial charge on any atom is -0.354 e. The van der Waals surface area contributed by atoms with Gasteiger partial charge in [-0.1, -0.05) is 72.8 Å². The van der Waals surface area contributed by atoms with Gasteiger partial charge >= 0.3 is 0 Å². The average Bonchev–Trinajstić information content (AvgIpc) is 3.38. The van der Waals surface area contributed by atoms with Crippen LogP contribution in [0.15, 0.2) is 91.0 Å². The predicted octanol–water partition coefficient (Wildman–Crippen LogP) is 7.83. The van der Waals surface area contributed by atoms with Crippen LogP contribution in [0.3, 0.4) is 0 Å². The standard InChI is InChI=1S/C31H27N3/c1-20-16-17-29-28(18-20)33-31(24-13-7-5-11-22(24)3)34(29)19-26-25-14-8-9-15-27(25)32-30(26)23-12-6-4-10-21(23)2/h4-18,32H,19H2,1-3H3. The van der Waals surface area contributed by atoms with Gasteiger partial charge in [0.25, 0.3) is 0 Å². The molecule has 0 bridgehead atoms. The Labute approximate surface area is 199 Å². The molecule has 4 aromatic carbocycles. The van der Waals surface area contributed by atoms with Crippen LogP contribution in [0, 0.1) is 20.8 Å². The molecule has 0 aliphatic carbocycles. The Kier molecular flexibility index (Phi) is 4.84. The topological polar surface area (TPSA) is 33.6 Å². The second-order valence-electron chi connectivity index (χ2n) is 9.17. The van der Waals surface area contributed by atoms with Crippen LogP contribution in [0.2, 0.25) is 0 Å². The molecule has 0 aliphatic heterocycles. The van der Waals surface area contributed by atoms with Crippen LogP contribution in [-0.4, -0.2) is 14.5 Å². The summed E-state index contributed by atoms with van der Waals surface area (Å²) in [6, 6.07) is 32.3. The number of hydrogen-bond donors (Lipinski definition) is 1. The highest BCUT2D eigenvalue weighted by Gasteiger charge is 2.20. The molecule has 0 spiro atoms. The summed E-state index contributed by atoms with van der Waals surface area (Å²) in [4.78, 5) is 8.87. The van der Waals surface area contributed by atoms with E-state index in [-0.39, 0.29) is 0 Å². The third kappa shape index (κ3) is 3.32. The van der Waals surface area contributed by atoms with Gasteiger partial charge in [0.1, 0.15) is 5.82 Å². The van der Waals surface area contributed by atoms with Gasteiger partial charge in [-0.2, -0.15) is 0 Å². The summed E-state index contributed by atoms with van der Waals surface area (Å²) in [6.45, 7) is 7.20. The van der Waals surface area contributed by atoms with Gasteiger partial charge in [0.05, 0.1) is 23.3 Å². The predicted molar refractivity (Wildman–Crippen MR) is 142 cm³/mol. The van der Waals surface area contributed by atoms with Crippen LogP contribution < -0.4 is 0 Å². The SMILES string of the molecule is Cc1ccc2c(c1)nc(-c1ccccc1C)n2Cc1c(-c2ccccc2C)[nH]c2ccccc12. The van der Waals surface area contributed by atoms with Crippen LogP contribution in [0.5, 0.6) is 0 Å². The van der Waals surface area contributed by atoms with E-state index in [0.29, 0.717) is 0 Å². The van der Waals surface area contributed by atoms with E-state index in [1.54, 1.807) is 0 Å². The van der Waals surface area contributed by atoms with Crippen molar-refractivity contribution in [3.8, 4) is 22.6 Å². The van der Waals surface area contributed by atoms with Gasteiger partial charge in [-0.15, -0.1) is 0 Å². The minimum absolute atomic E-state index is 0.733. The molecule has 6 aromatic rings. The highest BCUT2D eigenvalue weighted by molar-refractivity contribution is 5.92. The molecule has 0 saturated carbocycles. The fourth-order valence-corrected chi connectivity index (χ4v) is 5.03. The van der Waals surface area contributed by atoms with E-state index in [1.165, 1.54) is 44.5 Å².